The highest BCUT2D eigenvalue weighted by molar-refractivity contribution is 6.07. The number of benzene rings is 2. The lowest BCUT2D eigenvalue weighted by Crippen LogP contribution is -2.14. The summed E-state index contributed by atoms with van der Waals surface area (Å²) in [5.74, 6) is -0.602. The number of carbonyl (C=O) groups is 1. The fourth-order valence-corrected chi connectivity index (χ4v) is 2.95. The van der Waals surface area contributed by atoms with Crippen molar-refractivity contribution in [3.8, 4) is 11.1 Å². The van der Waals surface area contributed by atoms with Gasteiger partial charge in [0.1, 0.15) is 5.69 Å². The zero-order valence-electron chi connectivity index (χ0n) is 14.5. The number of hydrogen-bond acceptors (Lipinski definition) is 2. The number of nitrogens with one attached hydrogen (secondary N) is 1. The van der Waals surface area contributed by atoms with Crippen molar-refractivity contribution in [3.63, 3.8) is 0 Å². The summed E-state index contributed by atoms with van der Waals surface area (Å²) in [5.41, 5.74) is 2.93. The van der Waals surface area contributed by atoms with Crippen molar-refractivity contribution < 1.29 is 13.6 Å². The number of aryl methyl sites for hydroxylation is 2. The highest BCUT2D eigenvalue weighted by Crippen LogP contribution is 2.31. The summed E-state index contributed by atoms with van der Waals surface area (Å²) in [5, 5.41) is 6.45. The van der Waals surface area contributed by atoms with Gasteiger partial charge in [0, 0.05) is 24.5 Å². The molecule has 0 aliphatic heterocycles. The molecule has 1 aromatic heterocycles. The average Bonchev–Trinajstić information content (AvgIpc) is 3.04. The van der Waals surface area contributed by atoms with Gasteiger partial charge >= 0.3 is 0 Å². The first-order chi connectivity index (χ1) is 12.5. The minimum atomic E-state index is -2.81. The first-order valence-corrected chi connectivity index (χ1v) is 8.31. The lowest BCUT2D eigenvalue weighted by atomic mass is 9.96. The molecule has 26 heavy (non-hydrogen) atoms. The van der Waals surface area contributed by atoms with Crippen LogP contribution in [0.15, 0.2) is 54.7 Å². The third kappa shape index (κ3) is 3.49. The van der Waals surface area contributed by atoms with E-state index in [1.807, 2.05) is 36.4 Å². The maximum Gasteiger partial charge on any atom is 0.282 e. The molecule has 0 atom stereocenters. The van der Waals surface area contributed by atoms with Crippen LogP contribution in [0.1, 0.15) is 35.0 Å². The Morgan fingerprint density at radius 1 is 1.12 bits per heavy atom. The van der Waals surface area contributed by atoms with E-state index in [9.17, 15) is 13.6 Å². The molecule has 0 fully saturated rings. The summed E-state index contributed by atoms with van der Waals surface area (Å²) in [7, 11) is 1.51. The van der Waals surface area contributed by atoms with E-state index in [1.165, 1.54) is 17.9 Å². The van der Waals surface area contributed by atoms with Gasteiger partial charge in [0.2, 0.25) is 0 Å². The predicted molar refractivity (Wildman–Crippen MR) is 97.4 cm³/mol. The zero-order valence-corrected chi connectivity index (χ0v) is 14.5. The van der Waals surface area contributed by atoms with Crippen LogP contribution in [-0.4, -0.2) is 15.7 Å². The third-order valence-corrected chi connectivity index (χ3v) is 4.17. The number of rotatable bonds is 5. The molecule has 6 heteroatoms. The number of anilines is 1. The van der Waals surface area contributed by atoms with Gasteiger partial charge in [0.15, 0.2) is 0 Å². The Morgan fingerprint density at radius 3 is 2.46 bits per heavy atom. The van der Waals surface area contributed by atoms with Gasteiger partial charge in [-0.15, -0.1) is 0 Å². The SMILES string of the molecule is CCc1ccccc1-c1ccccc1NC(=O)c1cn(C)nc1C(F)F. The van der Waals surface area contributed by atoms with Gasteiger partial charge in [0.25, 0.3) is 12.3 Å². The Kier molecular flexibility index (Phi) is 5.11. The molecule has 0 saturated carbocycles. The van der Waals surface area contributed by atoms with Crippen LogP contribution in [0.3, 0.4) is 0 Å². The maximum absolute atomic E-state index is 13.1. The van der Waals surface area contributed by atoms with Gasteiger partial charge in [-0.2, -0.15) is 5.10 Å². The number of amides is 1. The molecule has 0 radical (unpaired) electrons. The van der Waals surface area contributed by atoms with Crippen molar-refractivity contribution in [2.45, 2.75) is 19.8 Å². The molecule has 1 heterocycles. The quantitative estimate of drug-likeness (QED) is 0.712. The topological polar surface area (TPSA) is 46.9 Å². The standard InChI is InChI=1S/C20H19F2N3O/c1-3-13-8-4-5-9-14(13)15-10-6-7-11-17(15)23-20(26)16-12-25(2)24-18(16)19(21)22/h4-12,19H,3H2,1-2H3,(H,23,26). The number of carbonyl (C=O) groups excluding carboxylic acids is 1. The fraction of sp³-hybridized carbons (Fsp3) is 0.200. The van der Waals surface area contributed by atoms with E-state index in [-0.39, 0.29) is 5.56 Å². The molecule has 0 spiro atoms. The molecule has 0 aliphatic carbocycles. The van der Waals surface area contributed by atoms with Crippen molar-refractivity contribution in [1.29, 1.82) is 0 Å². The molecule has 4 nitrogen and oxygen atoms in total. The van der Waals surface area contributed by atoms with E-state index in [2.05, 4.69) is 17.3 Å². The fourth-order valence-electron chi connectivity index (χ4n) is 2.95. The number of hydrogen-bond donors (Lipinski definition) is 1. The van der Waals surface area contributed by atoms with Crippen LogP contribution in [0.25, 0.3) is 11.1 Å². The first-order valence-electron chi connectivity index (χ1n) is 8.31. The summed E-state index contributed by atoms with van der Waals surface area (Å²) in [4.78, 5) is 12.6. The van der Waals surface area contributed by atoms with Crippen molar-refractivity contribution in [1.82, 2.24) is 9.78 Å². The molecule has 0 unspecified atom stereocenters. The number of nitrogens with zero attached hydrogens (tertiary/aromatic N) is 2. The lowest BCUT2D eigenvalue weighted by Gasteiger charge is -2.14. The van der Waals surface area contributed by atoms with E-state index in [4.69, 9.17) is 0 Å². The largest absolute Gasteiger partial charge is 0.321 e. The normalized spacial score (nSPS) is 11.0. The molecule has 2 aromatic carbocycles. The van der Waals surface area contributed by atoms with Gasteiger partial charge in [-0.25, -0.2) is 8.78 Å². The van der Waals surface area contributed by atoms with Gasteiger partial charge in [-0.1, -0.05) is 49.4 Å². The summed E-state index contributed by atoms with van der Waals surface area (Å²) in [6, 6.07) is 15.3. The van der Waals surface area contributed by atoms with Crippen LogP contribution in [0.4, 0.5) is 14.5 Å². The van der Waals surface area contributed by atoms with E-state index in [0.29, 0.717) is 5.69 Å². The van der Waals surface area contributed by atoms with Crippen LogP contribution < -0.4 is 5.32 Å². The van der Waals surface area contributed by atoms with E-state index in [0.717, 1.165) is 23.1 Å². The van der Waals surface area contributed by atoms with Crippen LogP contribution in [-0.2, 0) is 13.5 Å². The monoisotopic (exact) mass is 355 g/mol. The van der Waals surface area contributed by atoms with Crippen LogP contribution >= 0.6 is 0 Å². The number of para-hydroxylation sites is 1. The van der Waals surface area contributed by atoms with E-state index >= 15 is 0 Å². The second-order valence-electron chi connectivity index (χ2n) is 5.91. The number of alkyl halides is 2. The minimum Gasteiger partial charge on any atom is -0.321 e. The highest BCUT2D eigenvalue weighted by Gasteiger charge is 2.23. The van der Waals surface area contributed by atoms with Crippen molar-refractivity contribution >= 4 is 11.6 Å². The Balaban J connectivity index is 1.98. The van der Waals surface area contributed by atoms with Crippen LogP contribution in [0.2, 0.25) is 0 Å². The lowest BCUT2D eigenvalue weighted by molar-refractivity contribution is 0.101. The second-order valence-corrected chi connectivity index (χ2v) is 5.91. The first kappa shape index (κ1) is 17.8. The van der Waals surface area contributed by atoms with Crippen molar-refractivity contribution in [2.75, 3.05) is 5.32 Å². The van der Waals surface area contributed by atoms with Gasteiger partial charge in [-0.05, 0) is 23.6 Å². The Labute approximate surface area is 150 Å². The zero-order chi connectivity index (χ0) is 18.7. The van der Waals surface area contributed by atoms with E-state index in [1.54, 1.807) is 12.1 Å². The summed E-state index contributed by atoms with van der Waals surface area (Å²) in [6.45, 7) is 2.06. The molecule has 0 bridgehead atoms. The Hall–Kier alpha value is -3.02. The molecule has 3 rings (SSSR count). The Morgan fingerprint density at radius 2 is 1.77 bits per heavy atom. The highest BCUT2D eigenvalue weighted by atomic mass is 19.3. The van der Waals surface area contributed by atoms with Crippen molar-refractivity contribution in [2.24, 2.45) is 7.05 Å². The predicted octanol–water partition coefficient (Wildman–Crippen LogP) is 4.84. The van der Waals surface area contributed by atoms with Gasteiger partial charge in [-0.3, -0.25) is 9.48 Å². The molecule has 0 saturated heterocycles. The Bertz CT molecular complexity index is 934. The molecular formula is C20H19F2N3O. The molecule has 1 N–H and O–H groups in total. The number of aromatic nitrogens is 2. The third-order valence-electron chi connectivity index (χ3n) is 4.17. The molecule has 134 valence electrons. The van der Waals surface area contributed by atoms with Crippen LogP contribution in [0.5, 0.6) is 0 Å². The summed E-state index contributed by atoms with van der Waals surface area (Å²) in [6.07, 6.45) is -0.663. The minimum absolute atomic E-state index is 0.124. The maximum atomic E-state index is 13.1. The molecule has 3 aromatic rings. The smallest absolute Gasteiger partial charge is 0.282 e. The van der Waals surface area contributed by atoms with Crippen molar-refractivity contribution in [3.05, 3.63) is 71.5 Å². The average molecular weight is 355 g/mol. The molecular weight excluding hydrogens is 336 g/mol. The van der Waals surface area contributed by atoms with Crippen LogP contribution in [0, 0.1) is 0 Å². The van der Waals surface area contributed by atoms with Gasteiger partial charge in [0.05, 0.1) is 5.56 Å². The summed E-state index contributed by atoms with van der Waals surface area (Å²) < 4.78 is 27.5. The molecule has 1 amide bonds. The van der Waals surface area contributed by atoms with E-state index < -0.39 is 18.0 Å². The summed E-state index contributed by atoms with van der Waals surface area (Å²) >= 11 is 0. The second kappa shape index (κ2) is 7.47. The molecule has 0 aliphatic rings. The van der Waals surface area contributed by atoms with Gasteiger partial charge < -0.3 is 5.32 Å². The number of halogens is 2.